The maximum absolute atomic E-state index is 12.1. The van der Waals surface area contributed by atoms with Gasteiger partial charge in [-0.3, -0.25) is 14.4 Å². The number of thiophene rings is 1. The number of hydrogen-bond acceptors (Lipinski definition) is 7. The molecule has 29 heavy (non-hydrogen) atoms. The third-order valence-corrected chi connectivity index (χ3v) is 6.39. The van der Waals surface area contributed by atoms with Crippen LogP contribution < -0.4 is 15.4 Å². The standard InChI is InChI=1S/C18H21N3O6S2/c1-12(18(24)21-15-7-5-14(6-8-15)20-13(2)22)27-16(23)9-10-19-29(25,26)17-4-3-11-28-17/h3-8,11-12,19H,9-10H2,1-2H3,(H,20,22)(H,21,24). The zero-order valence-corrected chi connectivity index (χ0v) is 17.4. The molecular weight excluding hydrogens is 418 g/mol. The summed E-state index contributed by atoms with van der Waals surface area (Å²) in [6.45, 7) is 2.66. The molecule has 2 aromatic rings. The largest absolute Gasteiger partial charge is 0.452 e. The molecule has 0 saturated heterocycles. The van der Waals surface area contributed by atoms with Crippen molar-refractivity contribution in [1.82, 2.24) is 4.72 Å². The van der Waals surface area contributed by atoms with Gasteiger partial charge in [-0.25, -0.2) is 13.1 Å². The third-order valence-electron chi connectivity index (χ3n) is 3.53. The Morgan fingerprint density at radius 2 is 1.69 bits per heavy atom. The molecule has 1 unspecified atom stereocenters. The first-order chi connectivity index (χ1) is 13.7. The van der Waals surface area contributed by atoms with Gasteiger partial charge >= 0.3 is 5.97 Å². The van der Waals surface area contributed by atoms with Crippen LogP contribution in [-0.4, -0.2) is 38.9 Å². The van der Waals surface area contributed by atoms with Crippen molar-refractivity contribution in [3.05, 3.63) is 41.8 Å². The molecule has 9 nitrogen and oxygen atoms in total. The number of carbonyl (C=O) groups is 3. The van der Waals surface area contributed by atoms with Crippen molar-refractivity contribution in [3.63, 3.8) is 0 Å². The highest BCUT2D eigenvalue weighted by molar-refractivity contribution is 7.91. The SMILES string of the molecule is CC(=O)Nc1ccc(NC(=O)C(C)OC(=O)CCNS(=O)(=O)c2cccs2)cc1. The number of amides is 2. The first-order valence-electron chi connectivity index (χ1n) is 8.58. The van der Waals surface area contributed by atoms with Gasteiger partial charge in [0.25, 0.3) is 5.91 Å². The van der Waals surface area contributed by atoms with Gasteiger partial charge in [-0.2, -0.15) is 0 Å². The fourth-order valence-electron chi connectivity index (χ4n) is 2.17. The number of hydrogen-bond donors (Lipinski definition) is 3. The maximum atomic E-state index is 12.1. The molecule has 2 rings (SSSR count). The summed E-state index contributed by atoms with van der Waals surface area (Å²) in [5.74, 6) is -1.45. The van der Waals surface area contributed by atoms with Crippen molar-refractivity contribution in [3.8, 4) is 0 Å². The van der Waals surface area contributed by atoms with Crippen LogP contribution in [0.5, 0.6) is 0 Å². The average molecular weight is 440 g/mol. The summed E-state index contributed by atoms with van der Waals surface area (Å²) in [7, 11) is -3.65. The van der Waals surface area contributed by atoms with Crippen LogP contribution in [0.3, 0.4) is 0 Å². The summed E-state index contributed by atoms with van der Waals surface area (Å²) in [5.41, 5.74) is 1.05. The van der Waals surface area contributed by atoms with Gasteiger partial charge in [0.2, 0.25) is 15.9 Å². The first-order valence-corrected chi connectivity index (χ1v) is 10.9. The van der Waals surface area contributed by atoms with Crippen LogP contribution in [0.25, 0.3) is 0 Å². The van der Waals surface area contributed by atoms with Crippen LogP contribution in [0.15, 0.2) is 46.0 Å². The van der Waals surface area contributed by atoms with E-state index < -0.39 is 28.0 Å². The van der Waals surface area contributed by atoms with Gasteiger partial charge in [0, 0.05) is 24.8 Å². The number of rotatable bonds is 9. The van der Waals surface area contributed by atoms with E-state index >= 15 is 0 Å². The minimum absolute atomic E-state index is 0.141. The molecule has 0 spiro atoms. The molecule has 1 aromatic carbocycles. The minimum atomic E-state index is -3.65. The molecule has 0 aliphatic heterocycles. The van der Waals surface area contributed by atoms with Crippen LogP contribution in [0, 0.1) is 0 Å². The zero-order valence-electron chi connectivity index (χ0n) is 15.8. The number of nitrogens with one attached hydrogen (secondary N) is 3. The quantitative estimate of drug-likeness (QED) is 0.512. The van der Waals surface area contributed by atoms with E-state index in [0.29, 0.717) is 11.4 Å². The summed E-state index contributed by atoms with van der Waals surface area (Å²) in [5, 5.41) is 6.83. The second-order valence-electron chi connectivity index (χ2n) is 5.96. The van der Waals surface area contributed by atoms with Gasteiger partial charge in [0.05, 0.1) is 6.42 Å². The van der Waals surface area contributed by atoms with Crippen molar-refractivity contribution in [2.75, 3.05) is 17.2 Å². The molecule has 1 aromatic heterocycles. The van der Waals surface area contributed by atoms with E-state index in [1.54, 1.807) is 35.7 Å². The molecule has 1 atom stereocenters. The lowest BCUT2D eigenvalue weighted by Gasteiger charge is -2.14. The lowest BCUT2D eigenvalue weighted by atomic mass is 10.2. The number of carbonyl (C=O) groups excluding carboxylic acids is 3. The first kappa shape index (κ1) is 22.5. The Balaban J connectivity index is 1.77. The molecule has 0 fully saturated rings. The number of esters is 1. The fourth-order valence-corrected chi connectivity index (χ4v) is 4.24. The molecule has 0 bridgehead atoms. The van der Waals surface area contributed by atoms with Crippen molar-refractivity contribution >= 4 is 50.5 Å². The van der Waals surface area contributed by atoms with Crippen molar-refractivity contribution in [1.29, 1.82) is 0 Å². The van der Waals surface area contributed by atoms with E-state index in [1.165, 1.54) is 19.9 Å². The lowest BCUT2D eigenvalue weighted by molar-refractivity contribution is -0.152. The smallest absolute Gasteiger partial charge is 0.307 e. The van der Waals surface area contributed by atoms with Crippen LogP contribution in [0.1, 0.15) is 20.3 Å². The van der Waals surface area contributed by atoms with Crippen molar-refractivity contribution in [2.45, 2.75) is 30.6 Å². The number of anilines is 2. The Hall–Kier alpha value is -2.76. The summed E-state index contributed by atoms with van der Waals surface area (Å²) >= 11 is 1.07. The van der Waals surface area contributed by atoms with E-state index in [0.717, 1.165) is 11.3 Å². The van der Waals surface area contributed by atoms with E-state index in [9.17, 15) is 22.8 Å². The third kappa shape index (κ3) is 7.29. The number of sulfonamides is 1. The molecular formula is C18H21N3O6S2. The average Bonchev–Trinajstić information content (AvgIpc) is 3.18. The Morgan fingerprint density at radius 1 is 1.07 bits per heavy atom. The van der Waals surface area contributed by atoms with Gasteiger partial charge in [0.1, 0.15) is 4.21 Å². The van der Waals surface area contributed by atoms with Crippen LogP contribution in [-0.2, 0) is 29.1 Å². The Morgan fingerprint density at radius 3 is 2.24 bits per heavy atom. The van der Waals surface area contributed by atoms with Gasteiger partial charge in [-0.1, -0.05) is 6.07 Å². The topological polar surface area (TPSA) is 131 Å². The molecule has 0 saturated carbocycles. The fraction of sp³-hybridized carbons (Fsp3) is 0.278. The van der Waals surface area contributed by atoms with Crippen LogP contribution >= 0.6 is 11.3 Å². The summed E-state index contributed by atoms with van der Waals surface area (Å²) in [6, 6.07) is 9.50. The molecule has 0 radical (unpaired) electrons. The van der Waals surface area contributed by atoms with Crippen LogP contribution in [0.2, 0.25) is 0 Å². The molecule has 0 aliphatic rings. The van der Waals surface area contributed by atoms with Gasteiger partial charge in [-0.15, -0.1) is 11.3 Å². The lowest BCUT2D eigenvalue weighted by Crippen LogP contribution is -2.32. The normalized spacial score (nSPS) is 12.1. The highest BCUT2D eigenvalue weighted by Gasteiger charge is 2.19. The van der Waals surface area contributed by atoms with E-state index in [1.807, 2.05) is 0 Å². The summed E-state index contributed by atoms with van der Waals surface area (Å²) < 4.78 is 31.4. The van der Waals surface area contributed by atoms with E-state index in [4.69, 9.17) is 4.74 Å². The van der Waals surface area contributed by atoms with Crippen molar-refractivity contribution in [2.24, 2.45) is 0 Å². The van der Waals surface area contributed by atoms with Gasteiger partial charge < -0.3 is 15.4 Å². The summed E-state index contributed by atoms with van der Waals surface area (Å²) in [4.78, 5) is 35.0. The highest BCUT2D eigenvalue weighted by atomic mass is 32.2. The maximum Gasteiger partial charge on any atom is 0.307 e. The highest BCUT2D eigenvalue weighted by Crippen LogP contribution is 2.15. The zero-order chi connectivity index (χ0) is 21.4. The predicted molar refractivity (Wildman–Crippen MR) is 109 cm³/mol. The van der Waals surface area contributed by atoms with E-state index in [-0.39, 0.29) is 23.1 Å². The second-order valence-corrected chi connectivity index (χ2v) is 8.90. The second kappa shape index (κ2) is 10.1. The van der Waals surface area contributed by atoms with Gasteiger partial charge in [-0.05, 0) is 42.6 Å². The van der Waals surface area contributed by atoms with Crippen LogP contribution in [0.4, 0.5) is 11.4 Å². The van der Waals surface area contributed by atoms with Crippen molar-refractivity contribution < 1.29 is 27.5 Å². The molecule has 1 heterocycles. The Bertz CT molecular complexity index is 956. The molecule has 0 aliphatic carbocycles. The molecule has 2 amide bonds. The predicted octanol–water partition coefficient (Wildman–Crippen LogP) is 1.95. The Kier molecular flexibility index (Phi) is 7.88. The molecule has 11 heteroatoms. The Labute approximate surface area is 172 Å². The monoisotopic (exact) mass is 439 g/mol. The molecule has 3 N–H and O–H groups in total. The number of ether oxygens (including phenoxy) is 1. The van der Waals surface area contributed by atoms with E-state index in [2.05, 4.69) is 15.4 Å². The minimum Gasteiger partial charge on any atom is -0.452 e. The number of benzene rings is 1. The molecule has 156 valence electrons. The summed E-state index contributed by atoms with van der Waals surface area (Å²) in [6.07, 6.45) is -1.28. The van der Waals surface area contributed by atoms with Gasteiger partial charge in [0.15, 0.2) is 6.10 Å².